The highest BCUT2D eigenvalue weighted by atomic mass is 32.2. The molecule has 0 aliphatic carbocycles. The van der Waals surface area contributed by atoms with Crippen molar-refractivity contribution in [3.05, 3.63) is 59.9 Å². The van der Waals surface area contributed by atoms with Crippen molar-refractivity contribution in [2.75, 3.05) is 39.3 Å². The van der Waals surface area contributed by atoms with Crippen LogP contribution in [-0.2, 0) is 10.0 Å². The van der Waals surface area contributed by atoms with E-state index < -0.39 is 15.8 Å². The summed E-state index contributed by atoms with van der Waals surface area (Å²) in [5.41, 5.74) is 1.20. The highest BCUT2D eigenvalue weighted by molar-refractivity contribution is 7.89. The molecule has 5 nitrogen and oxygen atoms in total. The van der Waals surface area contributed by atoms with Gasteiger partial charge < -0.3 is 9.64 Å². The van der Waals surface area contributed by atoms with Gasteiger partial charge in [-0.1, -0.05) is 17.7 Å². The van der Waals surface area contributed by atoms with E-state index in [4.69, 9.17) is 4.74 Å². The highest BCUT2D eigenvalue weighted by Gasteiger charge is 2.30. The molecule has 1 N–H and O–H groups in total. The fourth-order valence-electron chi connectivity index (χ4n) is 3.00. The molecule has 1 fully saturated rings. The number of nitrogens with one attached hydrogen (secondary N) is 1. The Bertz CT molecular complexity index is 815. The molecule has 0 saturated carbocycles. The van der Waals surface area contributed by atoms with Crippen molar-refractivity contribution in [3.8, 4) is 5.75 Å². The van der Waals surface area contributed by atoms with Crippen LogP contribution in [0.15, 0.2) is 53.4 Å². The standard InChI is InChI=1S/C19H23FN2O3S/c1-16-2-6-18(7-3-16)25-15-14-21-10-12-22(13-11-21)26(23,24)19-8-4-17(20)5-9-19/h2-9H,10-15H2,1H3/p+1. The highest BCUT2D eigenvalue weighted by Crippen LogP contribution is 2.16. The van der Waals surface area contributed by atoms with E-state index in [0.29, 0.717) is 19.7 Å². The maximum atomic E-state index is 13.0. The van der Waals surface area contributed by atoms with Crippen LogP contribution in [0.4, 0.5) is 4.39 Å². The molecule has 1 aliphatic heterocycles. The van der Waals surface area contributed by atoms with Gasteiger partial charge in [-0.05, 0) is 43.3 Å². The average molecular weight is 379 g/mol. The lowest BCUT2D eigenvalue weighted by Gasteiger charge is -2.31. The Labute approximate surface area is 154 Å². The molecule has 26 heavy (non-hydrogen) atoms. The Hall–Kier alpha value is -1.96. The summed E-state index contributed by atoms with van der Waals surface area (Å²) in [6.45, 7) is 5.85. The summed E-state index contributed by atoms with van der Waals surface area (Å²) in [4.78, 5) is 1.47. The maximum Gasteiger partial charge on any atom is 0.243 e. The molecule has 1 saturated heterocycles. The molecular weight excluding hydrogens is 355 g/mol. The van der Waals surface area contributed by atoms with E-state index in [0.717, 1.165) is 25.4 Å². The first-order chi connectivity index (χ1) is 12.4. The molecule has 7 heteroatoms. The molecule has 0 amide bonds. The fourth-order valence-corrected chi connectivity index (χ4v) is 4.44. The van der Waals surface area contributed by atoms with Crippen LogP contribution in [0.2, 0.25) is 0 Å². The van der Waals surface area contributed by atoms with Crippen LogP contribution in [0.25, 0.3) is 0 Å². The van der Waals surface area contributed by atoms with E-state index in [1.165, 1.54) is 39.0 Å². The Balaban J connectivity index is 1.47. The van der Waals surface area contributed by atoms with Gasteiger partial charge in [0.05, 0.1) is 31.1 Å². The Kier molecular flexibility index (Phi) is 5.90. The molecule has 0 spiro atoms. The van der Waals surface area contributed by atoms with E-state index >= 15 is 0 Å². The zero-order valence-corrected chi connectivity index (χ0v) is 15.6. The predicted octanol–water partition coefficient (Wildman–Crippen LogP) is 1.10. The third kappa shape index (κ3) is 4.60. The SMILES string of the molecule is Cc1ccc(OCC[NH+]2CCN(S(=O)(=O)c3ccc(F)cc3)CC2)cc1. The molecular formula is C19H24FN2O3S+. The molecule has 1 aliphatic rings. The summed E-state index contributed by atoms with van der Waals surface area (Å²) in [5, 5.41) is 0. The van der Waals surface area contributed by atoms with Crippen LogP contribution < -0.4 is 9.64 Å². The van der Waals surface area contributed by atoms with E-state index in [1.807, 2.05) is 31.2 Å². The lowest BCUT2D eigenvalue weighted by Crippen LogP contribution is -3.15. The second-order valence-corrected chi connectivity index (χ2v) is 8.46. The second kappa shape index (κ2) is 8.16. The number of aryl methyl sites for hydroxylation is 1. The van der Waals surface area contributed by atoms with Crippen molar-refractivity contribution in [2.45, 2.75) is 11.8 Å². The first kappa shape index (κ1) is 18.8. The predicted molar refractivity (Wildman–Crippen MR) is 97.4 cm³/mol. The molecule has 140 valence electrons. The van der Waals surface area contributed by atoms with E-state index in [9.17, 15) is 12.8 Å². The molecule has 0 bridgehead atoms. The summed E-state index contributed by atoms with van der Waals surface area (Å²) in [7, 11) is -3.55. The number of piperazine rings is 1. The van der Waals surface area contributed by atoms with Gasteiger partial charge in [0.15, 0.2) is 0 Å². The molecule has 2 aromatic rings. The number of rotatable bonds is 6. The van der Waals surface area contributed by atoms with E-state index in [1.54, 1.807) is 0 Å². The Morgan fingerprint density at radius 3 is 2.27 bits per heavy atom. The third-order valence-electron chi connectivity index (χ3n) is 4.63. The quantitative estimate of drug-likeness (QED) is 0.818. The van der Waals surface area contributed by atoms with Gasteiger partial charge in [0.1, 0.15) is 24.7 Å². The summed E-state index contributed by atoms with van der Waals surface area (Å²) < 4.78 is 45.4. The van der Waals surface area contributed by atoms with Crippen LogP contribution in [0, 0.1) is 12.7 Å². The largest absolute Gasteiger partial charge is 0.488 e. The van der Waals surface area contributed by atoms with Gasteiger partial charge in [-0.15, -0.1) is 0 Å². The first-order valence-corrected chi connectivity index (χ1v) is 10.2. The minimum absolute atomic E-state index is 0.144. The molecule has 1 heterocycles. The monoisotopic (exact) mass is 379 g/mol. The molecule has 0 aromatic heterocycles. The van der Waals surface area contributed by atoms with Crippen molar-refractivity contribution in [1.82, 2.24) is 4.31 Å². The second-order valence-electron chi connectivity index (χ2n) is 6.52. The fraction of sp³-hybridized carbons (Fsp3) is 0.368. The lowest BCUT2D eigenvalue weighted by atomic mass is 10.2. The van der Waals surface area contributed by atoms with Crippen molar-refractivity contribution in [3.63, 3.8) is 0 Å². The number of ether oxygens (including phenoxy) is 1. The van der Waals surface area contributed by atoms with Gasteiger partial charge >= 0.3 is 0 Å². The van der Waals surface area contributed by atoms with Gasteiger partial charge in [0.2, 0.25) is 10.0 Å². The van der Waals surface area contributed by atoms with Crippen molar-refractivity contribution in [2.24, 2.45) is 0 Å². The van der Waals surface area contributed by atoms with Crippen molar-refractivity contribution < 1.29 is 22.4 Å². The number of halogens is 1. The minimum Gasteiger partial charge on any atom is -0.488 e. The van der Waals surface area contributed by atoms with Crippen LogP contribution >= 0.6 is 0 Å². The molecule has 2 aromatic carbocycles. The average Bonchev–Trinajstić information content (AvgIpc) is 2.64. The maximum absolute atomic E-state index is 13.0. The number of benzene rings is 2. The molecule has 0 atom stereocenters. The van der Waals surface area contributed by atoms with Gasteiger partial charge in [-0.25, -0.2) is 12.8 Å². The van der Waals surface area contributed by atoms with Gasteiger partial charge in [-0.2, -0.15) is 4.31 Å². The van der Waals surface area contributed by atoms with E-state index in [2.05, 4.69) is 0 Å². The van der Waals surface area contributed by atoms with Gasteiger partial charge in [0, 0.05) is 0 Å². The van der Waals surface area contributed by atoms with Gasteiger partial charge in [-0.3, -0.25) is 0 Å². The van der Waals surface area contributed by atoms with Crippen LogP contribution in [0.3, 0.4) is 0 Å². The molecule has 0 unspecified atom stereocenters. The van der Waals surface area contributed by atoms with Crippen molar-refractivity contribution >= 4 is 10.0 Å². The summed E-state index contributed by atoms with van der Waals surface area (Å²) in [6, 6.07) is 12.9. The zero-order valence-electron chi connectivity index (χ0n) is 14.8. The summed E-state index contributed by atoms with van der Waals surface area (Å²) in [6.07, 6.45) is 0. The number of quaternary nitrogens is 1. The normalized spacial score (nSPS) is 16.5. The van der Waals surface area contributed by atoms with Crippen LogP contribution in [0.5, 0.6) is 5.75 Å². The third-order valence-corrected chi connectivity index (χ3v) is 6.54. The topological polar surface area (TPSA) is 51.1 Å². The van der Waals surface area contributed by atoms with Crippen LogP contribution in [0.1, 0.15) is 5.56 Å². The zero-order chi connectivity index (χ0) is 18.6. The van der Waals surface area contributed by atoms with Gasteiger partial charge in [0.25, 0.3) is 0 Å². The minimum atomic E-state index is -3.55. The summed E-state index contributed by atoms with van der Waals surface area (Å²) in [5.74, 6) is 0.416. The van der Waals surface area contributed by atoms with Crippen LogP contribution in [-0.4, -0.2) is 52.1 Å². The number of nitrogens with zero attached hydrogens (tertiary/aromatic N) is 1. The molecule has 3 rings (SSSR count). The van der Waals surface area contributed by atoms with Crippen molar-refractivity contribution in [1.29, 1.82) is 0 Å². The Morgan fingerprint density at radius 2 is 1.65 bits per heavy atom. The first-order valence-electron chi connectivity index (χ1n) is 8.74. The number of hydrogen-bond acceptors (Lipinski definition) is 3. The Morgan fingerprint density at radius 1 is 1.04 bits per heavy atom. The lowest BCUT2D eigenvalue weighted by molar-refractivity contribution is -0.903. The van der Waals surface area contributed by atoms with E-state index in [-0.39, 0.29) is 4.90 Å². The molecule has 0 radical (unpaired) electrons. The summed E-state index contributed by atoms with van der Waals surface area (Å²) >= 11 is 0. The number of hydrogen-bond donors (Lipinski definition) is 1. The smallest absolute Gasteiger partial charge is 0.243 e. The number of sulfonamides is 1.